The maximum atomic E-state index is 12.7. The number of aryl methyl sites for hydroxylation is 2. The molecule has 0 radical (unpaired) electrons. The molecule has 0 aliphatic carbocycles. The molecular weight excluding hydrogens is 238 g/mol. The lowest BCUT2D eigenvalue weighted by molar-refractivity contribution is 0.0723. The maximum absolute atomic E-state index is 12.7. The molecule has 1 aromatic carbocycles. The van der Waals surface area contributed by atoms with Crippen LogP contribution < -0.4 is 0 Å². The molecule has 1 aromatic rings. The zero-order valence-electron chi connectivity index (χ0n) is 11.9. The van der Waals surface area contributed by atoms with Gasteiger partial charge in [-0.3, -0.25) is 4.79 Å². The van der Waals surface area contributed by atoms with Gasteiger partial charge in [0.1, 0.15) is 0 Å². The van der Waals surface area contributed by atoms with Crippen molar-refractivity contribution in [3.05, 3.63) is 34.9 Å². The van der Waals surface area contributed by atoms with Crippen LogP contribution in [0.4, 0.5) is 0 Å². The summed E-state index contributed by atoms with van der Waals surface area (Å²) in [4.78, 5) is 14.7. The van der Waals surface area contributed by atoms with Crippen LogP contribution in [0, 0.1) is 13.8 Å². The van der Waals surface area contributed by atoms with E-state index >= 15 is 0 Å². The molecule has 1 aliphatic heterocycles. The molecule has 1 atom stereocenters. The van der Waals surface area contributed by atoms with Crippen molar-refractivity contribution in [2.45, 2.75) is 45.6 Å². The number of hydrogen-bond acceptors (Lipinski definition) is 2. The topological polar surface area (TPSA) is 40.5 Å². The number of amides is 1. The molecule has 1 N–H and O–H groups in total. The first-order chi connectivity index (χ1) is 9.15. The average Bonchev–Trinajstić information content (AvgIpc) is 2.84. The van der Waals surface area contributed by atoms with E-state index in [0.29, 0.717) is 6.04 Å². The first kappa shape index (κ1) is 14.1. The highest BCUT2D eigenvalue weighted by Crippen LogP contribution is 2.25. The van der Waals surface area contributed by atoms with Gasteiger partial charge in [0.05, 0.1) is 0 Å². The van der Waals surface area contributed by atoms with E-state index in [-0.39, 0.29) is 12.5 Å². The van der Waals surface area contributed by atoms with Crippen molar-refractivity contribution < 1.29 is 9.90 Å². The summed E-state index contributed by atoms with van der Waals surface area (Å²) in [7, 11) is 0. The van der Waals surface area contributed by atoms with Crippen LogP contribution in [0.3, 0.4) is 0 Å². The minimum atomic E-state index is 0.163. The fourth-order valence-electron chi connectivity index (χ4n) is 3.03. The van der Waals surface area contributed by atoms with Crippen LogP contribution in [-0.4, -0.2) is 35.1 Å². The summed E-state index contributed by atoms with van der Waals surface area (Å²) in [5.41, 5.74) is 2.97. The standard InChI is InChI=1S/C16H23NO2/c1-12-6-3-7-13(2)15(12)16(19)17-10-4-8-14(17)9-5-11-18/h3,6-7,14,18H,4-5,8-11H2,1-2H3. The van der Waals surface area contributed by atoms with Gasteiger partial charge in [-0.1, -0.05) is 18.2 Å². The molecule has 0 spiro atoms. The van der Waals surface area contributed by atoms with E-state index in [1.54, 1.807) is 0 Å². The minimum Gasteiger partial charge on any atom is -0.396 e. The number of carbonyl (C=O) groups is 1. The van der Waals surface area contributed by atoms with E-state index in [2.05, 4.69) is 0 Å². The van der Waals surface area contributed by atoms with Gasteiger partial charge in [-0.2, -0.15) is 0 Å². The Morgan fingerprint density at radius 2 is 2.05 bits per heavy atom. The van der Waals surface area contributed by atoms with E-state index in [0.717, 1.165) is 48.9 Å². The number of aliphatic hydroxyl groups is 1. The highest BCUT2D eigenvalue weighted by Gasteiger charge is 2.30. The molecule has 104 valence electrons. The van der Waals surface area contributed by atoms with E-state index < -0.39 is 0 Å². The Kier molecular flexibility index (Phi) is 4.59. The van der Waals surface area contributed by atoms with Crippen LogP contribution in [-0.2, 0) is 0 Å². The van der Waals surface area contributed by atoms with Crippen LogP contribution in [0.5, 0.6) is 0 Å². The van der Waals surface area contributed by atoms with Crippen molar-refractivity contribution in [2.24, 2.45) is 0 Å². The molecule has 0 saturated carbocycles. The quantitative estimate of drug-likeness (QED) is 0.905. The van der Waals surface area contributed by atoms with Crippen LogP contribution in [0.1, 0.15) is 47.2 Å². The molecule has 0 aromatic heterocycles. The number of aliphatic hydroxyl groups excluding tert-OH is 1. The van der Waals surface area contributed by atoms with E-state index in [1.807, 2.05) is 36.9 Å². The molecule has 0 bridgehead atoms. The Morgan fingerprint density at radius 1 is 1.37 bits per heavy atom. The largest absolute Gasteiger partial charge is 0.396 e. The fraction of sp³-hybridized carbons (Fsp3) is 0.562. The summed E-state index contributed by atoms with van der Waals surface area (Å²) < 4.78 is 0. The van der Waals surface area contributed by atoms with Gasteiger partial charge in [0.2, 0.25) is 0 Å². The summed E-state index contributed by atoms with van der Waals surface area (Å²) >= 11 is 0. The second kappa shape index (κ2) is 6.20. The van der Waals surface area contributed by atoms with Gasteiger partial charge in [0.15, 0.2) is 0 Å². The SMILES string of the molecule is Cc1cccc(C)c1C(=O)N1CCCC1CCCO. The van der Waals surface area contributed by atoms with Crippen LogP contribution in [0.25, 0.3) is 0 Å². The predicted octanol–water partition coefficient (Wildman–Crippen LogP) is 2.68. The van der Waals surface area contributed by atoms with Crippen LogP contribution in [0.15, 0.2) is 18.2 Å². The Bertz CT molecular complexity index is 436. The second-order valence-electron chi connectivity index (χ2n) is 5.43. The molecular formula is C16H23NO2. The van der Waals surface area contributed by atoms with E-state index in [4.69, 9.17) is 5.11 Å². The van der Waals surface area contributed by atoms with Crippen LogP contribution >= 0.6 is 0 Å². The third kappa shape index (κ3) is 2.98. The first-order valence-corrected chi connectivity index (χ1v) is 7.13. The number of rotatable bonds is 4. The third-order valence-electron chi connectivity index (χ3n) is 4.03. The Morgan fingerprint density at radius 3 is 2.68 bits per heavy atom. The Balaban J connectivity index is 2.18. The minimum absolute atomic E-state index is 0.163. The molecule has 3 heteroatoms. The van der Waals surface area contributed by atoms with Crippen molar-refractivity contribution in [3.63, 3.8) is 0 Å². The Hall–Kier alpha value is -1.35. The summed E-state index contributed by atoms with van der Waals surface area (Å²) in [5, 5.41) is 8.95. The van der Waals surface area contributed by atoms with Crippen molar-refractivity contribution in [1.29, 1.82) is 0 Å². The molecule has 1 heterocycles. The monoisotopic (exact) mass is 261 g/mol. The maximum Gasteiger partial charge on any atom is 0.254 e. The number of carbonyl (C=O) groups excluding carboxylic acids is 1. The molecule has 1 saturated heterocycles. The first-order valence-electron chi connectivity index (χ1n) is 7.13. The van der Waals surface area contributed by atoms with Crippen molar-refractivity contribution in [3.8, 4) is 0 Å². The van der Waals surface area contributed by atoms with Gasteiger partial charge in [0, 0.05) is 24.8 Å². The van der Waals surface area contributed by atoms with Gasteiger partial charge in [0.25, 0.3) is 5.91 Å². The van der Waals surface area contributed by atoms with Crippen molar-refractivity contribution >= 4 is 5.91 Å². The lowest BCUT2D eigenvalue weighted by Gasteiger charge is -2.26. The summed E-state index contributed by atoms with van der Waals surface area (Å²) in [6, 6.07) is 6.30. The second-order valence-corrected chi connectivity index (χ2v) is 5.43. The molecule has 1 amide bonds. The highest BCUT2D eigenvalue weighted by atomic mass is 16.3. The summed E-state index contributed by atoms with van der Waals surface area (Å²) in [5.74, 6) is 0.163. The number of nitrogens with zero attached hydrogens (tertiary/aromatic N) is 1. The molecule has 2 rings (SSSR count). The normalized spacial score (nSPS) is 18.9. The third-order valence-corrected chi connectivity index (χ3v) is 4.03. The van der Waals surface area contributed by atoms with Gasteiger partial charge in [-0.25, -0.2) is 0 Å². The predicted molar refractivity (Wildman–Crippen MR) is 76.3 cm³/mol. The highest BCUT2D eigenvalue weighted by molar-refractivity contribution is 5.97. The zero-order chi connectivity index (χ0) is 13.8. The molecule has 1 unspecified atom stereocenters. The van der Waals surface area contributed by atoms with Gasteiger partial charge < -0.3 is 10.0 Å². The van der Waals surface area contributed by atoms with E-state index in [9.17, 15) is 4.79 Å². The number of benzene rings is 1. The van der Waals surface area contributed by atoms with Gasteiger partial charge in [-0.05, 0) is 50.7 Å². The van der Waals surface area contributed by atoms with Gasteiger partial charge in [-0.15, -0.1) is 0 Å². The van der Waals surface area contributed by atoms with E-state index in [1.165, 1.54) is 0 Å². The Labute approximate surface area is 115 Å². The number of hydrogen-bond donors (Lipinski definition) is 1. The molecule has 1 fully saturated rings. The molecule has 1 aliphatic rings. The molecule has 3 nitrogen and oxygen atoms in total. The summed E-state index contributed by atoms with van der Waals surface area (Å²) in [6.45, 7) is 5.06. The smallest absolute Gasteiger partial charge is 0.254 e. The fourth-order valence-corrected chi connectivity index (χ4v) is 3.03. The molecule has 19 heavy (non-hydrogen) atoms. The van der Waals surface area contributed by atoms with Crippen molar-refractivity contribution in [1.82, 2.24) is 4.90 Å². The average molecular weight is 261 g/mol. The summed E-state index contributed by atoms with van der Waals surface area (Å²) in [6.07, 6.45) is 3.83. The van der Waals surface area contributed by atoms with Gasteiger partial charge >= 0.3 is 0 Å². The lowest BCUT2D eigenvalue weighted by Crippen LogP contribution is -2.36. The lowest BCUT2D eigenvalue weighted by atomic mass is 10.0. The zero-order valence-corrected chi connectivity index (χ0v) is 11.9. The number of likely N-dealkylation sites (tertiary alicyclic amines) is 1. The van der Waals surface area contributed by atoms with Crippen LogP contribution in [0.2, 0.25) is 0 Å². The van der Waals surface area contributed by atoms with Crippen molar-refractivity contribution in [2.75, 3.05) is 13.2 Å².